The van der Waals surface area contributed by atoms with Crippen molar-refractivity contribution >= 4 is 45.5 Å². The van der Waals surface area contributed by atoms with E-state index < -0.39 is 0 Å². The van der Waals surface area contributed by atoms with Gasteiger partial charge in [-0.3, -0.25) is 9.59 Å². The number of fused-ring (bicyclic) bond motifs is 1. The Labute approximate surface area is 194 Å². The Hall–Kier alpha value is -3.03. The summed E-state index contributed by atoms with van der Waals surface area (Å²) in [5, 5.41) is 11.1. The van der Waals surface area contributed by atoms with Gasteiger partial charge in [0.1, 0.15) is 10.7 Å². The van der Waals surface area contributed by atoms with Gasteiger partial charge in [-0.25, -0.2) is 0 Å². The number of ketones is 1. The van der Waals surface area contributed by atoms with Gasteiger partial charge >= 0.3 is 0 Å². The molecule has 1 saturated heterocycles. The highest BCUT2D eigenvalue weighted by Gasteiger charge is 2.31. The SMILES string of the molecule is Cn1c(C(=O)N2CCC(C(=O)c3nnc(-c4ccccc4)s3)CC2)cc2cc(Cl)ccc21. The van der Waals surface area contributed by atoms with Crippen molar-refractivity contribution in [2.24, 2.45) is 13.0 Å². The number of carbonyl (C=O) groups is 2. The highest BCUT2D eigenvalue weighted by atomic mass is 35.5. The summed E-state index contributed by atoms with van der Waals surface area (Å²) in [6, 6.07) is 17.2. The summed E-state index contributed by atoms with van der Waals surface area (Å²) in [5.41, 5.74) is 2.55. The zero-order valence-electron chi connectivity index (χ0n) is 17.5. The van der Waals surface area contributed by atoms with E-state index in [1.165, 1.54) is 11.3 Å². The fourth-order valence-corrected chi connectivity index (χ4v) is 5.28. The Bertz CT molecular complexity index is 1310. The molecule has 0 spiro atoms. The van der Waals surface area contributed by atoms with E-state index in [9.17, 15) is 9.59 Å². The number of piperidine rings is 1. The number of benzene rings is 2. The number of aromatic nitrogens is 3. The summed E-state index contributed by atoms with van der Waals surface area (Å²) in [6.45, 7) is 1.09. The molecule has 1 fully saturated rings. The van der Waals surface area contributed by atoms with Gasteiger partial charge in [0.15, 0.2) is 10.8 Å². The number of Topliss-reactive ketones (excluding diaryl/α,β-unsaturated/α-hetero) is 1. The molecule has 5 rings (SSSR count). The van der Waals surface area contributed by atoms with Crippen molar-refractivity contribution in [1.82, 2.24) is 19.7 Å². The van der Waals surface area contributed by atoms with Crippen LogP contribution in [0.3, 0.4) is 0 Å². The van der Waals surface area contributed by atoms with Crippen LogP contribution in [0.25, 0.3) is 21.5 Å². The van der Waals surface area contributed by atoms with E-state index in [2.05, 4.69) is 10.2 Å². The summed E-state index contributed by atoms with van der Waals surface area (Å²) >= 11 is 7.43. The lowest BCUT2D eigenvalue weighted by molar-refractivity contribution is 0.0642. The van der Waals surface area contributed by atoms with E-state index in [0.717, 1.165) is 21.5 Å². The molecule has 6 nitrogen and oxygen atoms in total. The smallest absolute Gasteiger partial charge is 0.270 e. The number of aryl methyl sites for hydroxylation is 1. The first kappa shape index (κ1) is 20.8. The molecule has 2 aromatic heterocycles. The summed E-state index contributed by atoms with van der Waals surface area (Å²) < 4.78 is 1.90. The Balaban J connectivity index is 1.26. The van der Waals surface area contributed by atoms with E-state index >= 15 is 0 Å². The molecule has 1 aliphatic rings. The Morgan fingerprint density at radius 3 is 2.53 bits per heavy atom. The maximum absolute atomic E-state index is 13.1. The minimum atomic E-state index is -0.137. The van der Waals surface area contributed by atoms with E-state index in [1.807, 2.05) is 71.1 Å². The molecule has 32 heavy (non-hydrogen) atoms. The molecule has 1 aliphatic heterocycles. The van der Waals surface area contributed by atoms with Crippen LogP contribution in [0.2, 0.25) is 5.02 Å². The Morgan fingerprint density at radius 1 is 1.03 bits per heavy atom. The highest BCUT2D eigenvalue weighted by molar-refractivity contribution is 7.16. The number of hydrogen-bond acceptors (Lipinski definition) is 5. The normalized spacial score (nSPS) is 14.8. The molecule has 0 bridgehead atoms. The zero-order chi connectivity index (χ0) is 22.2. The van der Waals surface area contributed by atoms with Gasteiger partial charge < -0.3 is 9.47 Å². The number of hydrogen-bond donors (Lipinski definition) is 0. The third-order valence-corrected chi connectivity index (χ3v) is 7.26. The Morgan fingerprint density at radius 2 is 1.78 bits per heavy atom. The van der Waals surface area contributed by atoms with Crippen molar-refractivity contribution in [3.05, 3.63) is 70.3 Å². The monoisotopic (exact) mass is 464 g/mol. The van der Waals surface area contributed by atoms with Crippen LogP contribution in [0.5, 0.6) is 0 Å². The molecule has 0 radical (unpaired) electrons. The van der Waals surface area contributed by atoms with Gasteiger partial charge in [0.2, 0.25) is 0 Å². The quantitative estimate of drug-likeness (QED) is 0.395. The number of rotatable bonds is 4. The van der Waals surface area contributed by atoms with Crippen molar-refractivity contribution in [2.45, 2.75) is 12.8 Å². The number of amides is 1. The van der Waals surface area contributed by atoms with Crippen LogP contribution in [0, 0.1) is 5.92 Å². The lowest BCUT2D eigenvalue weighted by Gasteiger charge is -2.31. The molecule has 8 heteroatoms. The van der Waals surface area contributed by atoms with Gasteiger partial charge in [-0.05, 0) is 37.1 Å². The predicted molar refractivity (Wildman–Crippen MR) is 126 cm³/mol. The Kier molecular flexibility index (Phi) is 5.53. The summed E-state index contributed by atoms with van der Waals surface area (Å²) in [5.74, 6) is -0.133. The van der Waals surface area contributed by atoms with Crippen molar-refractivity contribution < 1.29 is 9.59 Å². The first-order valence-corrected chi connectivity index (χ1v) is 11.7. The summed E-state index contributed by atoms with van der Waals surface area (Å²) in [4.78, 5) is 28.0. The van der Waals surface area contributed by atoms with Crippen LogP contribution in [-0.2, 0) is 7.05 Å². The molecule has 3 heterocycles. The fraction of sp³-hybridized carbons (Fsp3) is 0.250. The van der Waals surface area contributed by atoms with Crippen LogP contribution in [0.15, 0.2) is 54.6 Å². The van der Waals surface area contributed by atoms with Gasteiger partial charge in [0, 0.05) is 47.5 Å². The summed E-state index contributed by atoms with van der Waals surface area (Å²) in [7, 11) is 1.89. The molecule has 2 aromatic carbocycles. The number of halogens is 1. The number of nitrogens with zero attached hydrogens (tertiary/aromatic N) is 4. The standard InChI is InChI=1S/C24H21ClN4O2S/c1-28-19-8-7-18(25)13-17(19)14-20(28)24(31)29-11-9-15(10-12-29)21(30)23-27-26-22(32-23)16-5-3-2-4-6-16/h2-8,13-15H,9-12H2,1H3. The van der Waals surface area contributed by atoms with Crippen molar-refractivity contribution in [1.29, 1.82) is 0 Å². The average Bonchev–Trinajstić information content (AvgIpc) is 3.44. The molecule has 0 saturated carbocycles. The largest absolute Gasteiger partial charge is 0.340 e. The average molecular weight is 465 g/mol. The second kappa shape index (κ2) is 8.48. The summed E-state index contributed by atoms with van der Waals surface area (Å²) in [6.07, 6.45) is 1.25. The third-order valence-electron chi connectivity index (χ3n) is 6.03. The molecule has 1 amide bonds. The van der Waals surface area contributed by atoms with Crippen molar-refractivity contribution in [3.8, 4) is 10.6 Å². The molecule has 0 atom stereocenters. The van der Waals surface area contributed by atoms with E-state index in [4.69, 9.17) is 11.6 Å². The van der Waals surface area contributed by atoms with Crippen LogP contribution >= 0.6 is 22.9 Å². The highest BCUT2D eigenvalue weighted by Crippen LogP contribution is 2.29. The lowest BCUT2D eigenvalue weighted by atomic mass is 9.92. The number of likely N-dealkylation sites (tertiary alicyclic amines) is 1. The fourth-order valence-electron chi connectivity index (χ4n) is 4.23. The molecule has 0 unspecified atom stereocenters. The van der Waals surface area contributed by atoms with Gasteiger partial charge in [-0.15, -0.1) is 10.2 Å². The lowest BCUT2D eigenvalue weighted by Crippen LogP contribution is -2.40. The van der Waals surface area contributed by atoms with Crippen LogP contribution in [-0.4, -0.2) is 44.4 Å². The van der Waals surface area contributed by atoms with Crippen molar-refractivity contribution in [3.63, 3.8) is 0 Å². The minimum Gasteiger partial charge on any atom is -0.340 e. The maximum atomic E-state index is 13.1. The van der Waals surface area contributed by atoms with Gasteiger partial charge in [-0.2, -0.15) is 0 Å². The van der Waals surface area contributed by atoms with Gasteiger partial charge in [-0.1, -0.05) is 53.3 Å². The van der Waals surface area contributed by atoms with Crippen LogP contribution in [0.1, 0.15) is 33.1 Å². The van der Waals surface area contributed by atoms with Crippen molar-refractivity contribution in [2.75, 3.05) is 13.1 Å². The maximum Gasteiger partial charge on any atom is 0.270 e. The van der Waals surface area contributed by atoms with E-state index in [-0.39, 0.29) is 17.6 Å². The molecule has 162 valence electrons. The van der Waals surface area contributed by atoms with E-state index in [1.54, 1.807) is 0 Å². The van der Waals surface area contributed by atoms with Crippen LogP contribution in [0.4, 0.5) is 0 Å². The first-order chi connectivity index (χ1) is 15.5. The van der Waals surface area contributed by atoms with Gasteiger partial charge in [0.05, 0.1) is 0 Å². The molecular weight excluding hydrogens is 444 g/mol. The third kappa shape index (κ3) is 3.82. The first-order valence-electron chi connectivity index (χ1n) is 10.5. The van der Waals surface area contributed by atoms with Gasteiger partial charge in [0.25, 0.3) is 5.91 Å². The molecule has 0 N–H and O–H groups in total. The predicted octanol–water partition coefficient (Wildman–Crippen LogP) is 5.09. The molecule has 4 aromatic rings. The minimum absolute atomic E-state index is 0.0204. The second-order valence-corrected chi connectivity index (χ2v) is 9.41. The second-order valence-electron chi connectivity index (χ2n) is 8.00. The molecule has 0 aliphatic carbocycles. The van der Waals surface area contributed by atoms with E-state index in [0.29, 0.717) is 41.7 Å². The zero-order valence-corrected chi connectivity index (χ0v) is 19.1. The number of carbonyl (C=O) groups excluding carboxylic acids is 2. The molecular formula is C24H21ClN4O2S. The van der Waals surface area contributed by atoms with Crippen LogP contribution < -0.4 is 0 Å². The topological polar surface area (TPSA) is 68.1 Å².